The fraction of sp³-hybridized carbons (Fsp3) is 0.294. The monoisotopic (exact) mass is 349 g/mol. The maximum atomic E-state index is 12.1. The molecular weight excluding hydrogens is 330 g/mol. The van der Waals surface area contributed by atoms with Crippen molar-refractivity contribution >= 4 is 28.2 Å². The summed E-state index contributed by atoms with van der Waals surface area (Å²) in [6, 6.07) is 8.67. The minimum Gasteiger partial charge on any atom is -0.497 e. The van der Waals surface area contributed by atoms with Crippen LogP contribution in [0, 0.1) is 6.92 Å². The number of rotatable bonds is 7. The van der Waals surface area contributed by atoms with E-state index < -0.39 is 5.97 Å². The standard InChI is InChI=1S/C17H19NO5S/c1-4-22-17(20)14-8-11(2)24-16(14)18-15(19)10-23-13-7-5-6-12(9-13)21-3/h5-9H,4,10H2,1-3H3,(H,18,19). The topological polar surface area (TPSA) is 73.9 Å². The first kappa shape index (κ1) is 17.8. The van der Waals surface area contributed by atoms with Crippen LogP contribution in [0.2, 0.25) is 0 Å². The van der Waals surface area contributed by atoms with Gasteiger partial charge in [0.1, 0.15) is 16.5 Å². The predicted octanol–water partition coefficient (Wildman–Crippen LogP) is 3.26. The van der Waals surface area contributed by atoms with Crippen molar-refractivity contribution in [2.45, 2.75) is 13.8 Å². The average Bonchev–Trinajstić information content (AvgIpc) is 2.94. The molecular formula is C17H19NO5S. The molecule has 6 nitrogen and oxygen atoms in total. The highest BCUT2D eigenvalue weighted by Gasteiger charge is 2.18. The van der Waals surface area contributed by atoms with E-state index in [0.29, 0.717) is 22.1 Å². The highest BCUT2D eigenvalue weighted by atomic mass is 32.1. The van der Waals surface area contributed by atoms with Gasteiger partial charge in [0.2, 0.25) is 0 Å². The van der Waals surface area contributed by atoms with E-state index in [1.54, 1.807) is 44.4 Å². The van der Waals surface area contributed by atoms with E-state index in [1.807, 2.05) is 6.92 Å². The third-order valence-corrected chi connectivity index (χ3v) is 3.98. The lowest BCUT2D eigenvalue weighted by Crippen LogP contribution is -2.21. The lowest BCUT2D eigenvalue weighted by molar-refractivity contribution is -0.118. The average molecular weight is 349 g/mol. The molecule has 2 rings (SSSR count). The number of carbonyl (C=O) groups excluding carboxylic acids is 2. The summed E-state index contributed by atoms with van der Waals surface area (Å²) in [5.74, 6) is 0.361. The molecule has 1 aromatic heterocycles. The Labute approximate surface area is 144 Å². The van der Waals surface area contributed by atoms with E-state index in [2.05, 4.69) is 5.32 Å². The number of esters is 1. The summed E-state index contributed by atoms with van der Waals surface area (Å²) in [5.41, 5.74) is 0.356. The molecule has 1 N–H and O–H groups in total. The van der Waals surface area contributed by atoms with Gasteiger partial charge >= 0.3 is 5.97 Å². The number of nitrogens with one attached hydrogen (secondary N) is 1. The lowest BCUT2D eigenvalue weighted by Gasteiger charge is -2.08. The second kappa shape index (κ2) is 8.35. The smallest absolute Gasteiger partial charge is 0.341 e. The molecule has 0 spiro atoms. The molecule has 0 fully saturated rings. The van der Waals surface area contributed by atoms with E-state index in [4.69, 9.17) is 14.2 Å². The van der Waals surface area contributed by atoms with E-state index in [1.165, 1.54) is 11.3 Å². The third kappa shape index (κ3) is 4.73. The predicted molar refractivity (Wildman–Crippen MR) is 92.1 cm³/mol. The number of thiophene rings is 1. The molecule has 1 heterocycles. The summed E-state index contributed by atoms with van der Waals surface area (Å²) in [6.45, 7) is 3.69. The molecule has 0 aliphatic rings. The van der Waals surface area contributed by atoms with Crippen molar-refractivity contribution < 1.29 is 23.8 Å². The Morgan fingerprint density at radius 2 is 1.96 bits per heavy atom. The Kier molecular flexibility index (Phi) is 6.20. The van der Waals surface area contributed by atoms with Crippen molar-refractivity contribution in [1.82, 2.24) is 0 Å². The molecule has 0 aliphatic carbocycles. The Bertz CT molecular complexity index is 726. The molecule has 0 saturated carbocycles. The van der Waals surface area contributed by atoms with Gasteiger partial charge in [-0.15, -0.1) is 11.3 Å². The third-order valence-electron chi connectivity index (χ3n) is 3.01. The SMILES string of the molecule is CCOC(=O)c1cc(C)sc1NC(=O)COc1cccc(OC)c1. The van der Waals surface area contributed by atoms with Crippen LogP contribution in [0.5, 0.6) is 11.5 Å². The minimum atomic E-state index is -0.453. The fourth-order valence-corrected chi connectivity index (χ4v) is 2.89. The van der Waals surface area contributed by atoms with E-state index in [-0.39, 0.29) is 19.1 Å². The van der Waals surface area contributed by atoms with E-state index >= 15 is 0 Å². The minimum absolute atomic E-state index is 0.174. The number of ether oxygens (including phenoxy) is 3. The molecule has 0 atom stereocenters. The molecule has 0 bridgehead atoms. The number of hydrogen-bond donors (Lipinski definition) is 1. The van der Waals surface area contributed by atoms with Crippen molar-refractivity contribution in [3.63, 3.8) is 0 Å². The van der Waals surface area contributed by atoms with Crippen LogP contribution in [-0.2, 0) is 9.53 Å². The van der Waals surface area contributed by atoms with E-state index in [0.717, 1.165) is 4.88 Å². The van der Waals surface area contributed by atoms with E-state index in [9.17, 15) is 9.59 Å². The van der Waals surface area contributed by atoms with Crippen LogP contribution < -0.4 is 14.8 Å². The van der Waals surface area contributed by atoms with Gasteiger partial charge in [0, 0.05) is 10.9 Å². The molecule has 2 aromatic rings. The second-order valence-corrected chi connectivity index (χ2v) is 6.09. The van der Waals surface area contributed by atoms with Crippen molar-refractivity contribution in [3.8, 4) is 11.5 Å². The highest BCUT2D eigenvalue weighted by molar-refractivity contribution is 7.16. The second-order valence-electron chi connectivity index (χ2n) is 4.84. The van der Waals surface area contributed by atoms with Crippen LogP contribution in [-0.4, -0.2) is 32.2 Å². The van der Waals surface area contributed by atoms with Gasteiger partial charge in [0.05, 0.1) is 19.3 Å². The number of aryl methyl sites for hydroxylation is 1. The van der Waals surface area contributed by atoms with Crippen LogP contribution >= 0.6 is 11.3 Å². The van der Waals surface area contributed by atoms with Gasteiger partial charge < -0.3 is 19.5 Å². The lowest BCUT2D eigenvalue weighted by atomic mass is 10.3. The Balaban J connectivity index is 1.98. The molecule has 0 radical (unpaired) electrons. The zero-order valence-electron chi connectivity index (χ0n) is 13.8. The molecule has 0 aliphatic heterocycles. The Hall–Kier alpha value is -2.54. The number of anilines is 1. The molecule has 7 heteroatoms. The largest absolute Gasteiger partial charge is 0.497 e. The van der Waals surface area contributed by atoms with Gasteiger partial charge in [-0.1, -0.05) is 6.07 Å². The summed E-state index contributed by atoms with van der Waals surface area (Å²) in [5, 5.41) is 3.16. The van der Waals surface area contributed by atoms with Crippen LogP contribution in [0.4, 0.5) is 5.00 Å². The van der Waals surface area contributed by atoms with Crippen molar-refractivity contribution in [1.29, 1.82) is 0 Å². The maximum Gasteiger partial charge on any atom is 0.341 e. The normalized spacial score (nSPS) is 10.1. The summed E-state index contributed by atoms with van der Waals surface area (Å²) in [4.78, 5) is 24.9. The summed E-state index contributed by atoms with van der Waals surface area (Å²) >= 11 is 1.32. The van der Waals surface area contributed by atoms with Crippen molar-refractivity contribution in [3.05, 3.63) is 40.8 Å². The molecule has 0 saturated heterocycles. The number of methoxy groups -OCH3 is 1. The first-order chi connectivity index (χ1) is 11.5. The molecule has 128 valence electrons. The number of carbonyl (C=O) groups is 2. The Morgan fingerprint density at radius 3 is 2.67 bits per heavy atom. The molecule has 1 aromatic carbocycles. The quantitative estimate of drug-likeness (QED) is 0.777. The zero-order chi connectivity index (χ0) is 17.5. The van der Waals surface area contributed by atoms with Crippen molar-refractivity contribution in [2.75, 3.05) is 25.6 Å². The zero-order valence-corrected chi connectivity index (χ0v) is 14.6. The first-order valence-corrected chi connectivity index (χ1v) is 8.19. The maximum absolute atomic E-state index is 12.1. The Morgan fingerprint density at radius 1 is 1.21 bits per heavy atom. The number of amides is 1. The highest BCUT2D eigenvalue weighted by Crippen LogP contribution is 2.28. The first-order valence-electron chi connectivity index (χ1n) is 7.37. The van der Waals surface area contributed by atoms with Gasteiger partial charge in [-0.25, -0.2) is 4.79 Å². The summed E-state index contributed by atoms with van der Waals surface area (Å²) in [6.07, 6.45) is 0. The molecule has 24 heavy (non-hydrogen) atoms. The summed E-state index contributed by atoms with van der Waals surface area (Å²) < 4.78 is 15.5. The van der Waals surface area contributed by atoms with Gasteiger partial charge in [-0.3, -0.25) is 4.79 Å². The molecule has 0 unspecified atom stereocenters. The number of benzene rings is 1. The van der Waals surface area contributed by atoms with Gasteiger partial charge in [0.15, 0.2) is 6.61 Å². The van der Waals surface area contributed by atoms with Crippen molar-refractivity contribution in [2.24, 2.45) is 0 Å². The summed E-state index contributed by atoms with van der Waals surface area (Å²) in [7, 11) is 1.56. The van der Waals surface area contributed by atoms with Crippen LogP contribution in [0.3, 0.4) is 0 Å². The fourth-order valence-electron chi connectivity index (χ4n) is 1.97. The van der Waals surface area contributed by atoms with Gasteiger partial charge in [-0.2, -0.15) is 0 Å². The van der Waals surface area contributed by atoms with Gasteiger partial charge in [-0.05, 0) is 32.0 Å². The van der Waals surface area contributed by atoms with Crippen LogP contribution in [0.25, 0.3) is 0 Å². The number of hydrogen-bond acceptors (Lipinski definition) is 6. The van der Waals surface area contributed by atoms with Gasteiger partial charge in [0.25, 0.3) is 5.91 Å². The van der Waals surface area contributed by atoms with Crippen LogP contribution in [0.15, 0.2) is 30.3 Å². The molecule has 1 amide bonds. The van der Waals surface area contributed by atoms with Crippen LogP contribution in [0.1, 0.15) is 22.2 Å².